The van der Waals surface area contributed by atoms with Gasteiger partial charge in [0, 0.05) is 12.6 Å². The van der Waals surface area contributed by atoms with E-state index in [1.807, 2.05) is 11.5 Å². The highest BCUT2D eigenvalue weighted by Crippen LogP contribution is 2.19. The standard InChI is InChI=1S/C16H13FN4O3/c1-2-20-12-6-5-10(17)8-11(12)18-14(20)9-21-16(22)24-15(19-21)13-4-3-7-23-13/h3-8H,2,9H2,1H3. The highest BCUT2D eigenvalue weighted by molar-refractivity contribution is 5.76. The van der Waals surface area contributed by atoms with E-state index in [0.29, 0.717) is 23.6 Å². The van der Waals surface area contributed by atoms with Crippen molar-refractivity contribution < 1.29 is 13.2 Å². The molecule has 0 unspecified atom stereocenters. The number of aromatic nitrogens is 4. The molecule has 0 saturated carbocycles. The topological polar surface area (TPSA) is 79.0 Å². The first-order chi connectivity index (χ1) is 11.7. The summed E-state index contributed by atoms with van der Waals surface area (Å²) >= 11 is 0. The fraction of sp³-hybridized carbons (Fsp3) is 0.188. The molecule has 24 heavy (non-hydrogen) atoms. The second-order valence-corrected chi connectivity index (χ2v) is 5.21. The van der Waals surface area contributed by atoms with Gasteiger partial charge in [0.2, 0.25) is 0 Å². The fourth-order valence-corrected chi connectivity index (χ4v) is 2.67. The Labute approximate surface area is 134 Å². The summed E-state index contributed by atoms with van der Waals surface area (Å²) in [6, 6.07) is 7.76. The molecule has 3 aromatic heterocycles. The molecule has 122 valence electrons. The van der Waals surface area contributed by atoms with Gasteiger partial charge in [0.05, 0.1) is 17.3 Å². The number of aryl methyl sites for hydroxylation is 1. The van der Waals surface area contributed by atoms with E-state index in [1.54, 1.807) is 18.2 Å². The Morgan fingerprint density at radius 2 is 2.17 bits per heavy atom. The van der Waals surface area contributed by atoms with Crippen LogP contribution in [0.5, 0.6) is 0 Å². The molecule has 0 aliphatic carbocycles. The third-order valence-corrected chi connectivity index (χ3v) is 3.73. The lowest BCUT2D eigenvalue weighted by molar-refractivity contribution is 0.472. The minimum atomic E-state index is -0.609. The minimum absolute atomic E-state index is 0.107. The average molecular weight is 328 g/mol. The van der Waals surface area contributed by atoms with Crippen LogP contribution in [0.1, 0.15) is 12.7 Å². The van der Waals surface area contributed by atoms with Gasteiger partial charge in [-0.2, -0.15) is 4.68 Å². The van der Waals surface area contributed by atoms with Crippen LogP contribution in [0.3, 0.4) is 0 Å². The molecule has 0 radical (unpaired) electrons. The van der Waals surface area contributed by atoms with Crippen LogP contribution < -0.4 is 5.76 Å². The van der Waals surface area contributed by atoms with Gasteiger partial charge < -0.3 is 13.4 Å². The highest BCUT2D eigenvalue weighted by atomic mass is 19.1. The Bertz CT molecular complexity index is 1060. The molecule has 1 aromatic carbocycles. The van der Waals surface area contributed by atoms with Crippen LogP contribution in [0.2, 0.25) is 0 Å². The van der Waals surface area contributed by atoms with Gasteiger partial charge in [0.25, 0.3) is 5.89 Å². The molecule has 0 atom stereocenters. The SMILES string of the molecule is CCn1c(Cn2nc(-c3ccco3)oc2=O)nc2cc(F)ccc21. The van der Waals surface area contributed by atoms with Gasteiger partial charge in [-0.15, -0.1) is 5.10 Å². The van der Waals surface area contributed by atoms with Gasteiger partial charge in [-0.25, -0.2) is 14.2 Å². The number of furan rings is 1. The van der Waals surface area contributed by atoms with E-state index in [9.17, 15) is 9.18 Å². The van der Waals surface area contributed by atoms with E-state index in [-0.39, 0.29) is 18.3 Å². The molecule has 4 aromatic rings. The number of hydrogen-bond donors (Lipinski definition) is 0. The van der Waals surface area contributed by atoms with Crippen LogP contribution in [-0.2, 0) is 13.1 Å². The Hall–Kier alpha value is -3.16. The van der Waals surface area contributed by atoms with Crippen LogP contribution >= 0.6 is 0 Å². The van der Waals surface area contributed by atoms with E-state index in [4.69, 9.17) is 8.83 Å². The third-order valence-electron chi connectivity index (χ3n) is 3.73. The van der Waals surface area contributed by atoms with Gasteiger partial charge in [0.15, 0.2) is 5.76 Å². The van der Waals surface area contributed by atoms with Gasteiger partial charge in [0.1, 0.15) is 18.2 Å². The van der Waals surface area contributed by atoms with Crippen molar-refractivity contribution in [2.75, 3.05) is 0 Å². The molecule has 4 rings (SSSR count). The summed E-state index contributed by atoms with van der Waals surface area (Å²) in [5.41, 5.74) is 1.34. The second kappa shape index (κ2) is 5.48. The number of fused-ring (bicyclic) bond motifs is 1. The molecule has 0 fully saturated rings. The first kappa shape index (κ1) is 14.4. The zero-order valence-electron chi connectivity index (χ0n) is 12.8. The van der Waals surface area contributed by atoms with Gasteiger partial charge in [-0.1, -0.05) is 0 Å². The van der Waals surface area contributed by atoms with E-state index in [1.165, 1.54) is 23.1 Å². The zero-order valence-corrected chi connectivity index (χ0v) is 12.8. The summed E-state index contributed by atoms with van der Waals surface area (Å²) in [4.78, 5) is 16.4. The minimum Gasteiger partial charge on any atom is -0.459 e. The van der Waals surface area contributed by atoms with Crippen LogP contribution in [-0.4, -0.2) is 19.3 Å². The smallest absolute Gasteiger partial charge is 0.437 e. The maximum Gasteiger partial charge on any atom is 0.437 e. The van der Waals surface area contributed by atoms with Crippen molar-refractivity contribution in [3.63, 3.8) is 0 Å². The number of imidazole rings is 1. The van der Waals surface area contributed by atoms with Crippen molar-refractivity contribution in [3.05, 3.63) is 58.8 Å². The average Bonchev–Trinajstić information content (AvgIpc) is 3.26. The summed E-state index contributed by atoms with van der Waals surface area (Å²) in [6.07, 6.45) is 1.47. The lowest BCUT2D eigenvalue weighted by Gasteiger charge is -2.04. The van der Waals surface area contributed by atoms with Gasteiger partial charge in [-0.3, -0.25) is 0 Å². The molecule has 0 bridgehead atoms. The lowest BCUT2D eigenvalue weighted by atomic mass is 10.3. The molecular formula is C16H13FN4O3. The molecule has 8 heteroatoms. The maximum absolute atomic E-state index is 13.4. The predicted molar refractivity (Wildman–Crippen MR) is 82.9 cm³/mol. The van der Waals surface area contributed by atoms with Crippen molar-refractivity contribution >= 4 is 11.0 Å². The number of halogens is 1. The van der Waals surface area contributed by atoms with Crippen LogP contribution in [0.25, 0.3) is 22.7 Å². The van der Waals surface area contributed by atoms with Gasteiger partial charge >= 0.3 is 5.76 Å². The number of rotatable bonds is 4. The molecule has 3 heterocycles. The zero-order chi connectivity index (χ0) is 16.7. The predicted octanol–water partition coefficient (Wildman–Crippen LogP) is 2.65. The summed E-state index contributed by atoms with van der Waals surface area (Å²) < 4.78 is 26.7. The van der Waals surface area contributed by atoms with E-state index >= 15 is 0 Å². The van der Waals surface area contributed by atoms with Crippen molar-refractivity contribution in [2.24, 2.45) is 0 Å². The monoisotopic (exact) mass is 328 g/mol. The van der Waals surface area contributed by atoms with Crippen molar-refractivity contribution in [1.82, 2.24) is 19.3 Å². The molecule has 0 aliphatic rings. The normalized spacial score (nSPS) is 11.4. The molecule has 0 aliphatic heterocycles. The summed E-state index contributed by atoms with van der Waals surface area (Å²) in [5, 5.41) is 4.13. The molecule has 0 spiro atoms. The number of benzene rings is 1. The Balaban J connectivity index is 1.76. The summed E-state index contributed by atoms with van der Waals surface area (Å²) in [7, 11) is 0. The largest absolute Gasteiger partial charge is 0.459 e. The number of nitrogens with zero attached hydrogens (tertiary/aromatic N) is 4. The molecule has 7 nitrogen and oxygen atoms in total. The molecule has 0 amide bonds. The Kier molecular flexibility index (Phi) is 3.30. The van der Waals surface area contributed by atoms with Crippen molar-refractivity contribution in [3.8, 4) is 11.7 Å². The van der Waals surface area contributed by atoms with Crippen LogP contribution in [0.4, 0.5) is 4.39 Å². The Morgan fingerprint density at radius 1 is 1.29 bits per heavy atom. The molecular weight excluding hydrogens is 315 g/mol. The highest BCUT2D eigenvalue weighted by Gasteiger charge is 2.16. The summed E-state index contributed by atoms with van der Waals surface area (Å²) in [6.45, 7) is 2.70. The van der Waals surface area contributed by atoms with E-state index < -0.39 is 5.76 Å². The van der Waals surface area contributed by atoms with Crippen LogP contribution in [0.15, 0.2) is 50.2 Å². The second-order valence-electron chi connectivity index (χ2n) is 5.21. The van der Waals surface area contributed by atoms with E-state index in [2.05, 4.69) is 10.1 Å². The van der Waals surface area contributed by atoms with Gasteiger partial charge in [-0.05, 0) is 31.2 Å². The molecule has 0 saturated heterocycles. The quantitative estimate of drug-likeness (QED) is 0.575. The fourth-order valence-electron chi connectivity index (χ4n) is 2.67. The van der Waals surface area contributed by atoms with Crippen molar-refractivity contribution in [2.45, 2.75) is 20.0 Å². The third kappa shape index (κ3) is 2.32. The first-order valence-electron chi connectivity index (χ1n) is 7.42. The van der Waals surface area contributed by atoms with Crippen molar-refractivity contribution in [1.29, 1.82) is 0 Å². The van der Waals surface area contributed by atoms with Crippen LogP contribution in [0, 0.1) is 5.82 Å². The van der Waals surface area contributed by atoms with E-state index in [0.717, 1.165) is 5.52 Å². The number of hydrogen-bond acceptors (Lipinski definition) is 5. The summed E-state index contributed by atoms with van der Waals surface area (Å²) in [5.74, 6) is 0.113. The Morgan fingerprint density at radius 3 is 2.92 bits per heavy atom. The first-order valence-corrected chi connectivity index (χ1v) is 7.42. The maximum atomic E-state index is 13.4. The lowest BCUT2D eigenvalue weighted by Crippen LogP contribution is -2.19. The molecule has 0 N–H and O–H groups in total.